The van der Waals surface area contributed by atoms with E-state index in [4.69, 9.17) is 23.4 Å². The number of ether oxygens (including phenoxy) is 4. The quantitative estimate of drug-likeness (QED) is 0.370. The Morgan fingerprint density at radius 1 is 1.03 bits per heavy atom. The minimum absolute atomic E-state index is 0.306. The predicted molar refractivity (Wildman–Crippen MR) is 106 cm³/mol. The first kappa shape index (κ1) is 19.0. The molecule has 1 unspecified atom stereocenters. The van der Waals surface area contributed by atoms with Crippen LogP contribution in [0, 0.1) is 0 Å². The maximum Gasteiger partial charge on any atom is 0.344 e. The summed E-state index contributed by atoms with van der Waals surface area (Å²) in [4.78, 5) is 24.7. The molecular formula is C22H20O7. The Kier molecular flexibility index (Phi) is 5.22. The lowest BCUT2D eigenvalue weighted by molar-refractivity contribution is -0.144. The molecule has 1 aromatic heterocycles. The molecule has 0 radical (unpaired) electrons. The van der Waals surface area contributed by atoms with Gasteiger partial charge >= 0.3 is 11.6 Å². The van der Waals surface area contributed by atoms with Gasteiger partial charge in [0.25, 0.3) is 0 Å². The summed E-state index contributed by atoms with van der Waals surface area (Å²) in [6.07, 6.45) is 0.951. The van der Waals surface area contributed by atoms with Gasteiger partial charge in [-0.2, -0.15) is 0 Å². The van der Waals surface area contributed by atoms with Crippen LogP contribution in [0.15, 0.2) is 51.7 Å². The molecule has 4 rings (SSSR count). The Morgan fingerprint density at radius 3 is 2.59 bits per heavy atom. The molecule has 1 aliphatic rings. The zero-order valence-electron chi connectivity index (χ0n) is 16.1. The minimum Gasteiger partial charge on any atom is -0.493 e. The highest BCUT2D eigenvalue weighted by molar-refractivity contribution is 5.84. The van der Waals surface area contributed by atoms with Gasteiger partial charge < -0.3 is 23.4 Å². The lowest BCUT2D eigenvalue weighted by atomic mass is 10.1. The molecule has 0 aliphatic carbocycles. The van der Waals surface area contributed by atoms with Crippen molar-refractivity contribution in [2.24, 2.45) is 0 Å². The average Bonchev–Trinajstić information content (AvgIpc) is 3.28. The third-order valence-electron chi connectivity index (χ3n) is 4.81. The summed E-state index contributed by atoms with van der Waals surface area (Å²) in [5.74, 6) is 0.950. The molecule has 0 amide bonds. The molecule has 0 saturated carbocycles. The van der Waals surface area contributed by atoms with Gasteiger partial charge in [-0.05, 0) is 48.7 Å². The number of hydrogen-bond donors (Lipinski definition) is 0. The van der Waals surface area contributed by atoms with Crippen LogP contribution in [-0.2, 0) is 9.53 Å². The molecule has 7 heteroatoms. The van der Waals surface area contributed by atoms with Gasteiger partial charge in [-0.25, -0.2) is 9.59 Å². The molecule has 2 heterocycles. The molecule has 1 aliphatic heterocycles. The summed E-state index contributed by atoms with van der Waals surface area (Å²) in [5, 5.41) is 0.700. The Labute approximate surface area is 166 Å². The van der Waals surface area contributed by atoms with Crippen molar-refractivity contribution >= 4 is 16.9 Å². The highest BCUT2D eigenvalue weighted by atomic mass is 16.6. The molecule has 1 fully saturated rings. The number of rotatable bonds is 5. The van der Waals surface area contributed by atoms with Gasteiger partial charge in [-0.1, -0.05) is 6.07 Å². The van der Waals surface area contributed by atoms with Gasteiger partial charge in [0, 0.05) is 18.1 Å². The molecule has 2 aromatic carbocycles. The van der Waals surface area contributed by atoms with E-state index in [2.05, 4.69) is 0 Å². The Morgan fingerprint density at radius 2 is 1.86 bits per heavy atom. The van der Waals surface area contributed by atoms with Crippen LogP contribution in [0.3, 0.4) is 0 Å². The van der Waals surface area contributed by atoms with E-state index in [1.54, 1.807) is 43.5 Å². The van der Waals surface area contributed by atoms with Crippen LogP contribution in [0.4, 0.5) is 0 Å². The van der Waals surface area contributed by atoms with E-state index in [0.717, 1.165) is 6.42 Å². The topological polar surface area (TPSA) is 84.2 Å². The predicted octanol–water partition coefficient (Wildman–Crippen LogP) is 3.56. The van der Waals surface area contributed by atoms with Crippen LogP contribution in [0.5, 0.6) is 17.2 Å². The van der Waals surface area contributed by atoms with Crippen molar-refractivity contribution in [1.29, 1.82) is 0 Å². The van der Waals surface area contributed by atoms with Crippen LogP contribution >= 0.6 is 0 Å². The van der Waals surface area contributed by atoms with Gasteiger partial charge in [0.15, 0.2) is 17.6 Å². The van der Waals surface area contributed by atoms with Crippen molar-refractivity contribution < 1.29 is 28.2 Å². The van der Waals surface area contributed by atoms with E-state index >= 15 is 0 Å². The van der Waals surface area contributed by atoms with E-state index in [-0.39, 0.29) is 0 Å². The Balaban J connectivity index is 1.66. The molecular weight excluding hydrogens is 376 g/mol. The number of methoxy groups -OCH3 is 2. The van der Waals surface area contributed by atoms with E-state index in [9.17, 15) is 9.59 Å². The van der Waals surface area contributed by atoms with E-state index in [0.29, 0.717) is 52.4 Å². The molecule has 29 heavy (non-hydrogen) atoms. The molecule has 1 atom stereocenters. The molecule has 150 valence electrons. The Hall–Kier alpha value is -3.32. The maximum absolute atomic E-state index is 12.6. The molecule has 3 aromatic rings. The fourth-order valence-electron chi connectivity index (χ4n) is 3.31. The highest BCUT2D eigenvalue weighted by Gasteiger charge is 2.25. The van der Waals surface area contributed by atoms with Crippen LogP contribution in [-0.4, -0.2) is 32.9 Å². The second kappa shape index (κ2) is 7.97. The normalized spacial score (nSPS) is 16.0. The fraction of sp³-hybridized carbons (Fsp3) is 0.273. The second-order valence-electron chi connectivity index (χ2n) is 6.64. The van der Waals surface area contributed by atoms with Gasteiger partial charge in [0.2, 0.25) is 0 Å². The van der Waals surface area contributed by atoms with Gasteiger partial charge in [-0.3, -0.25) is 0 Å². The van der Waals surface area contributed by atoms with Crippen LogP contribution in [0.2, 0.25) is 0 Å². The number of esters is 1. The van der Waals surface area contributed by atoms with Crippen LogP contribution in [0.1, 0.15) is 12.8 Å². The molecule has 1 saturated heterocycles. The SMILES string of the molecule is COc1ccc(-c2cc3ccc(OC(=O)C4CCCO4)cc3oc2=O)cc1OC. The first-order chi connectivity index (χ1) is 14.1. The van der Waals surface area contributed by atoms with Gasteiger partial charge in [0.05, 0.1) is 19.8 Å². The number of hydrogen-bond acceptors (Lipinski definition) is 7. The van der Waals surface area contributed by atoms with Crippen molar-refractivity contribution in [3.8, 4) is 28.4 Å². The summed E-state index contributed by atoms with van der Waals surface area (Å²) in [5.41, 5.74) is 0.860. The molecule has 0 spiro atoms. The molecule has 0 bridgehead atoms. The third kappa shape index (κ3) is 3.82. The van der Waals surface area contributed by atoms with Crippen molar-refractivity contribution in [2.45, 2.75) is 18.9 Å². The summed E-state index contributed by atoms with van der Waals surface area (Å²) in [6, 6.07) is 11.9. The summed E-state index contributed by atoms with van der Waals surface area (Å²) in [7, 11) is 3.08. The lowest BCUT2D eigenvalue weighted by Crippen LogP contribution is -2.24. The average molecular weight is 396 g/mol. The Bertz CT molecular complexity index is 1110. The van der Waals surface area contributed by atoms with Crippen molar-refractivity contribution in [1.82, 2.24) is 0 Å². The molecule has 7 nitrogen and oxygen atoms in total. The standard InChI is InChI=1S/C22H20O7/c1-25-17-8-6-13(11-20(17)26-2)16-10-14-5-7-15(12-19(14)29-21(16)23)28-22(24)18-4-3-9-27-18/h5-8,10-12,18H,3-4,9H2,1-2H3. The number of benzene rings is 2. The lowest BCUT2D eigenvalue weighted by Gasteiger charge is -2.11. The van der Waals surface area contributed by atoms with E-state index in [1.165, 1.54) is 13.2 Å². The zero-order valence-corrected chi connectivity index (χ0v) is 16.1. The largest absolute Gasteiger partial charge is 0.493 e. The smallest absolute Gasteiger partial charge is 0.344 e. The number of fused-ring (bicyclic) bond motifs is 1. The van der Waals surface area contributed by atoms with E-state index in [1.807, 2.05) is 0 Å². The van der Waals surface area contributed by atoms with Crippen LogP contribution < -0.4 is 19.8 Å². The van der Waals surface area contributed by atoms with E-state index < -0.39 is 17.7 Å². The van der Waals surface area contributed by atoms with Gasteiger partial charge in [0.1, 0.15) is 11.3 Å². The first-order valence-corrected chi connectivity index (χ1v) is 9.22. The first-order valence-electron chi connectivity index (χ1n) is 9.22. The second-order valence-corrected chi connectivity index (χ2v) is 6.64. The summed E-state index contributed by atoms with van der Waals surface area (Å²) < 4.78 is 26.7. The van der Waals surface area contributed by atoms with Crippen molar-refractivity contribution in [3.05, 3.63) is 52.9 Å². The molecule has 0 N–H and O–H groups in total. The minimum atomic E-state index is -0.537. The van der Waals surface area contributed by atoms with Crippen molar-refractivity contribution in [3.63, 3.8) is 0 Å². The zero-order chi connectivity index (χ0) is 20.4. The fourth-order valence-corrected chi connectivity index (χ4v) is 3.31. The van der Waals surface area contributed by atoms with Crippen LogP contribution in [0.25, 0.3) is 22.1 Å². The highest BCUT2D eigenvalue weighted by Crippen LogP contribution is 2.32. The number of carbonyl (C=O) groups excluding carboxylic acids is 1. The van der Waals surface area contributed by atoms with Crippen molar-refractivity contribution in [2.75, 3.05) is 20.8 Å². The third-order valence-corrected chi connectivity index (χ3v) is 4.81. The summed E-state index contributed by atoms with van der Waals surface area (Å²) >= 11 is 0. The number of carbonyl (C=O) groups is 1. The maximum atomic E-state index is 12.6. The monoisotopic (exact) mass is 396 g/mol. The van der Waals surface area contributed by atoms with Gasteiger partial charge in [-0.15, -0.1) is 0 Å². The summed E-state index contributed by atoms with van der Waals surface area (Å²) in [6.45, 7) is 0.561.